The second kappa shape index (κ2) is 8.96. The lowest BCUT2D eigenvalue weighted by atomic mass is 10.0. The van der Waals surface area contributed by atoms with Gasteiger partial charge in [-0.2, -0.15) is 13.5 Å². The van der Waals surface area contributed by atoms with Crippen molar-refractivity contribution in [1.29, 1.82) is 0 Å². The van der Waals surface area contributed by atoms with Gasteiger partial charge in [0.2, 0.25) is 0 Å². The average molecular weight is 413 g/mol. The third-order valence-corrected chi connectivity index (χ3v) is 5.34. The quantitative estimate of drug-likeness (QED) is 0.441. The van der Waals surface area contributed by atoms with Crippen molar-refractivity contribution in [2.75, 3.05) is 6.61 Å². The number of hydrazone groups is 1. The second-order valence-corrected chi connectivity index (χ2v) is 8.28. The summed E-state index contributed by atoms with van der Waals surface area (Å²) in [5.41, 5.74) is 0.716. The molecule has 0 unspecified atom stereocenters. The van der Waals surface area contributed by atoms with Crippen LogP contribution in [0, 0.1) is 0 Å². The highest BCUT2D eigenvalue weighted by Gasteiger charge is 2.13. The molecule has 1 N–H and O–H groups in total. The largest absolute Gasteiger partial charge is 0.493 e. The lowest BCUT2D eigenvalue weighted by molar-refractivity contribution is 0.242. The standard InChI is InChI=1S/C22H24N2O4S/c1-4-27-22-14-9-17-7-5-6-8-20(17)21(22)15-23-24-29(25,26)19-12-10-18(11-13-19)28-16(2)3/h5-16,24H,4H2,1-3H3/b23-15+. The van der Waals surface area contributed by atoms with Crippen LogP contribution in [0.15, 0.2) is 70.7 Å². The van der Waals surface area contributed by atoms with Crippen molar-refractivity contribution in [2.45, 2.75) is 31.8 Å². The molecule has 0 saturated carbocycles. The zero-order valence-electron chi connectivity index (χ0n) is 16.6. The molecule has 7 heteroatoms. The third kappa shape index (κ3) is 5.06. The van der Waals surface area contributed by atoms with Crippen molar-refractivity contribution in [3.8, 4) is 11.5 Å². The molecule has 0 radical (unpaired) electrons. The first-order valence-corrected chi connectivity index (χ1v) is 10.8. The minimum Gasteiger partial charge on any atom is -0.493 e. The van der Waals surface area contributed by atoms with E-state index in [1.165, 1.54) is 18.3 Å². The SMILES string of the molecule is CCOc1ccc2ccccc2c1/C=N/NS(=O)(=O)c1ccc(OC(C)C)cc1. The van der Waals surface area contributed by atoms with Crippen LogP contribution in [0.4, 0.5) is 0 Å². The number of ether oxygens (including phenoxy) is 2. The van der Waals surface area contributed by atoms with E-state index >= 15 is 0 Å². The van der Waals surface area contributed by atoms with Gasteiger partial charge in [-0.05, 0) is 61.9 Å². The molecule has 0 amide bonds. The smallest absolute Gasteiger partial charge is 0.276 e. The molecule has 0 saturated heterocycles. The number of nitrogens with zero attached hydrogens (tertiary/aromatic N) is 1. The maximum atomic E-state index is 12.5. The molecule has 0 bridgehead atoms. The molecule has 0 heterocycles. The highest BCUT2D eigenvalue weighted by atomic mass is 32.2. The molecule has 0 aromatic heterocycles. The van der Waals surface area contributed by atoms with E-state index in [2.05, 4.69) is 9.93 Å². The predicted octanol–water partition coefficient (Wildman–Crippen LogP) is 4.34. The Bertz CT molecular complexity index is 1110. The molecule has 3 rings (SSSR count). The number of nitrogens with one attached hydrogen (secondary N) is 1. The topological polar surface area (TPSA) is 77.0 Å². The molecule has 0 aliphatic heterocycles. The van der Waals surface area contributed by atoms with Crippen LogP contribution in [0.3, 0.4) is 0 Å². The summed E-state index contributed by atoms with van der Waals surface area (Å²) in [6, 6.07) is 17.8. The van der Waals surface area contributed by atoms with E-state index in [0.717, 1.165) is 10.8 Å². The summed E-state index contributed by atoms with van der Waals surface area (Å²) in [4.78, 5) is 2.37. The molecule has 0 spiro atoms. The van der Waals surface area contributed by atoms with Crippen LogP contribution < -0.4 is 14.3 Å². The Kier molecular flexibility index (Phi) is 6.39. The van der Waals surface area contributed by atoms with E-state index in [0.29, 0.717) is 23.7 Å². The number of benzene rings is 3. The lowest BCUT2D eigenvalue weighted by Gasteiger charge is -2.11. The number of hydrogen-bond donors (Lipinski definition) is 1. The van der Waals surface area contributed by atoms with Gasteiger partial charge in [-0.25, -0.2) is 4.83 Å². The minimum atomic E-state index is -3.80. The summed E-state index contributed by atoms with van der Waals surface area (Å²) < 4.78 is 36.3. The monoisotopic (exact) mass is 412 g/mol. The first-order chi connectivity index (χ1) is 13.9. The van der Waals surface area contributed by atoms with E-state index in [-0.39, 0.29) is 11.0 Å². The van der Waals surface area contributed by atoms with Crippen LogP contribution in [-0.2, 0) is 10.0 Å². The number of hydrogen-bond acceptors (Lipinski definition) is 5. The summed E-state index contributed by atoms with van der Waals surface area (Å²) in [6.07, 6.45) is 1.49. The molecule has 29 heavy (non-hydrogen) atoms. The molecular formula is C22H24N2O4S. The Morgan fingerprint density at radius 3 is 2.45 bits per heavy atom. The first kappa shape index (κ1) is 20.7. The van der Waals surface area contributed by atoms with Gasteiger partial charge in [-0.3, -0.25) is 0 Å². The number of rotatable bonds is 8. The Morgan fingerprint density at radius 1 is 1.03 bits per heavy atom. The van der Waals surface area contributed by atoms with Crippen molar-refractivity contribution < 1.29 is 17.9 Å². The summed E-state index contributed by atoms with van der Waals surface area (Å²) in [5.74, 6) is 1.25. The van der Waals surface area contributed by atoms with E-state index < -0.39 is 10.0 Å². The molecule has 152 valence electrons. The number of fused-ring (bicyclic) bond motifs is 1. The number of sulfonamides is 1. The molecule has 6 nitrogen and oxygen atoms in total. The van der Waals surface area contributed by atoms with Crippen LogP contribution in [0.2, 0.25) is 0 Å². The average Bonchev–Trinajstić information content (AvgIpc) is 2.69. The predicted molar refractivity (Wildman–Crippen MR) is 115 cm³/mol. The van der Waals surface area contributed by atoms with E-state index in [1.807, 2.05) is 57.2 Å². The fourth-order valence-electron chi connectivity index (χ4n) is 2.87. The molecule has 3 aromatic carbocycles. The molecule has 0 fully saturated rings. The summed E-state index contributed by atoms with van der Waals surface area (Å²) >= 11 is 0. The van der Waals surface area contributed by atoms with Gasteiger partial charge < -0.3 is 9.47 Å². The van der Waals surface area contributed by atoms with Crippen LogP contribution in [0.1, 0.15) is 26.3 Å². The van der Waals surface area contributed by atoms with Gasteiger partial charge >= 0.3 is 0 Å². The Hall–Kier alpha value is -3.06. The lowest BCUT2D eigenvalue weighted by Crippen LogP contribution is -2.18. The highest BCUT2D eigenvalue weighted by molar-refractivity contribution is 7.89. The Morgan fingerprint density at radius 2 is 1.76 bits per heavy atom. The molecule has 0 aliphatic rings. The van der Waals surface area contributed by atoms with Crippen LogP contribution in [-0.4, -0.2) is 27.3 Å². The van der Waals surface area contributed by atoms with Crippen molar-refractivity contribution in [1.82, 2.24) is 4.83 Å². The van der Waals surface area contributed by atoms with Crippen molar-refractivity contribution in [2.24, 2.45) is 5.10 Å². The van der Waals surface area contributed by atoms with Crippen molar-refractivity contribution in [3.05, 3.63) is 66.2 Å². The van der Waals surface area contributed by atoms with Gasteiger partial charge in [0.15, 0.2) is 0 Å². The second-order valence-electron chi connectivity index (χ2n) is 6.62. The maximum absolute atomic E-state index is 12.5. The van der Waals surface area contributed by atoms with Crippen LogP contribution in [0.25, 0.3) is 10.8 Å². The summed E-state index contributed by atoms with van der Waals surface area (Å²) in [5, 5.41) is 5.92. The Labute approximate surface area is 171 Å². The van der Waals surface area contributed by atoms with Crippen LogP contribution in [0.5, 0.6) is 11.5 Å². The van der Waals surface area contributed by atoms with Crippen molar-refractivity contribution >= 4 is 27.0 Å². The fraction of sp³-hybridized carbons (Fsp3) is 0.227. The molecule has 0 aliphatic carbocycles. The van der Waals surface area contributed by atoms with Gasteiger partial charge in [0.25, 0.3) is 10.0 Å². The van der Waals surface area contributed by atoms with E-state index in [9.17, 15) is 8.42 Å². The van der Waals surface area contributed by atoms with Gasteiger partial charge in [0, 0.05) is 5.56 Å². The fourth-order valence-corrected chi connectivity index (χ4v) is 3.66. The maximum Gasteiger partial charge on any atom is 0.276 e. The van der Waals surface area contributed by atoms with Gasteiger partial charge in [-0.1, -0.05) is 30.3 Å². The highest BCUT2D eigenvalue weighted by Crippen LogP contribution is 2.26. The molecule has 0 atom stereocenters. The van der Waals surface area contributed by atoms with Gasteiger partial charge in [-0.15, -0.1) is 0 Å². The van der Waals surface area contributed by atoms with Gasteiger partial charge in [0.05, 0.1) is 23.8 Å². The van der Waals surface area contributed by atoms with Crippen LogP contribution >= 0.6 is 0 Å². The van der Waals surface area contributed by atoms with Crippen molar-refractivity contribution in [3.63, 3.8) is 0 Å². The first-order valence-electron chi connectivity index (χ1n) is 9.37. The Balaban J connectivity index is 1.84. The normalized spacial score (nSPS) is 11.9. The summed E-state index contributed by atoms with van der Waals surface area (Å²) in [7, 11) is -3.80. The summed E-state index contributed by atoms with van der Waals surface area (Å²) in [6.45, 7) is 6.20. The molecular weight excluding hydrogens is 388 g/mol. The zero-order chi connectivity index (χ0) is 20.9. The minimum absolute atomic E-state index is 0.0143. The third-order valence-electron chi connectivity index (χ3n) is 4.10. The van der Waals surface area contributed by atoms with E-state index in [1.54, 1.807) is 12.1 Å². The zero-order valence-corrected chi connectivity index (χ0v) is 17.4. The van der Waals surface area contributed by atoms with E-state index in [4.69, 9.17) is 9.47 Å². The van der Waals surface area contributed by atoms with Gasteiger partial charge in [0.1, 0.15) is 11.5 Å². The molecule has 3 aromatic rings.